The maximum atomic E-state index is 6.67. The van der Waals surface area contributed by atoms with Gasteiger partial charge in [0.15, 0.2) is 16.6 Å². The van der Waals surface area contributed by atoms with E-state index in [4.69, 9.17) is 13.8 Å². The number of furan rings is 1. The van der Waals surface area contributed by atoms with Crippen molar-refractivity contribution < 1.29 is 13.4 Å². The van der Waals surface area contributed by atoms with Crippen LogP contribution in [0.4, 0.5) is 0 Å². The van der Waals surface area contributed by atoms with E-state index >= 15 is 0 Å². The molecule has 0 amide bonds. The minimum atomic E-state index is -0.187. The van der Waals surface area contributed by atoms with Crippen molar-refractivity contribution in [3.8, 4) is 17.1 Å². The van der Waals surface area contributed by atoms with Crippen molar-refractivity contribution >= 4 is 44.1 Å². The van der Waals surface area contributed by atoms with E-state index in [1.54, 1.807) is 0 Å². The SMILES string of the molecule is Cc1c(-c2n(-c3c(C(C)C)cc(C(C)C)cc3C(C)C)c3ccccc3[n+]2C)ccc2c1oc1ccc3nc(C(C)(C)C)oc3c12. The highest BCUT2D eigenvalue weighted by atomic mass is 16.4. The Balaban J connectivity index is 1.57. The van der Waals surface area contributed by atoms with E-state index in [9.17, 15) is 0 Å². The Labute approximate surface area is 271 Å². The quantitative estimate of drug-likeness (QED) is 0.182. The Morgan fingerprint density at radius 1 is 0.783 bits per heavy atom. The lowest BCUT2D eigenvalue weighted by atomic mass is 9.87. The van der Waals surface area contributed by atoms with Gasteiger partial charge in [-0.15, -0.1) is 0 Å². The fourth-order valence-electron chi connectivity index (χ4n) is 7.03. The Hall–Kier alpha value is -4.38. The number of nitrogens with zero attached hydrogens (tertiary/aromatic N) is 3. The highest BCUT2D eigenvalue weighted by molar-refractivity contribution is 6.17. The van der Waals surface area contributed by atoms with E-state index < -0.39 is 0 Å². The average Bonchev–Trinajstić information content (AvgIpc) is 3.69. The molecule has 46 heavy (non-hydrogen) atoms. The average molecular weight is 613 g/mol. The lowest BCUT2D eigenvalue weighted by Crippen LogP contribution is -2.30. The van der Waals surface area contributed by atoms with Gasteiger partial charge in [0.1, 0.15) is 22.4 Å². The molecule has 7 aromatic rings. The summed E-state index contributed by atoms with van der Waals surface area (Å²) in [6.07, 6.45) is 0. The molecule has 0 radical (unpaired) electrons. The molecule has 0 spiro atoms. The molecule has 7 rings (SSSR count). The molecule has 0 saturated heterocycles. The lowest BCUT2D eigenvalue weighted by Gasteiger charge is -2.21. The van der Waals surface area contributed by atoms with Gasteiger partial charge in [0.2, 0.25) is 5.89 Å². The number of para-hydroxylation sites is 2. The molecular weight excluding hydrogens is 566 g/mol. The monoisotopic (exact) mass is 612 g/mol. The third-order valence-corrected chi connectivity index (χ3v) is 9.63. The number of rotatable bonds is 5. The van der Waals surface area contributed by atoms with Crippen LogP contribution >= 0.6 is 0 Å². The number of imidazole rings is 1. The largest absolute Gasteiger partial charge is 0.456 e. The van der Waals surface area contributed by atoms with Gasteiger partial charge < -0.3 is 8.83 Å². The molecule has 0 atom stereocenters. The topological polar surface area (TPSA) is 48.0 Å². The highest BCUT2D eigenvalue weighted by Crippen LogP contribution is 2.43. The second kappa shape index (κ2) is 10.6. The molecular formula is C41H46N3O2+. The van der Waals surface area contributed by atoms with E-state index in [0.717, 1.165) is 55.9 Å². The van der Waals surface area contributed by atoms with E-state index in [1.807, 2.05) is 12.1 Å². The van der Waals surface area contributed by atoms with Crippen LogP contribution in [0, 0.1) is 6.92 Å². The van der Waals surface area contributed by atoms with E-state index in [0.29, 0.717) is 17.8 Å². The van der Waals surface area contributed by atoms with Crippen LogP contribution in [-0.2, 0) is 12.5 Å². The van der Waals surface area contributed by atoms with Crippen molar-refractivity contribution in [2.24, 2.45) is 7.05 Å². The second-order valence-electron chi connectivity index (χ2n) is 15.0. The number of fused-ring (bicyclic) bond motifs is 6. The molecule has 0 N–H and O–H groups in total. The minimum Gasteiger partial charge on any atom is -0.456 e. The molecule has 236 valence electrons. The zero-order chi connectivity index (χ0) is 32.8. The molecule has 0 unspecified atom stereocenters. The molecule has 0 bridgehead atoms. The van der Waals surface area contributed by atoms with Crippen LogP contribution in [-0.4, -0.2) is 9.55 Å². The fraction of sp³-hybridized carbons (Fsp3) is 0.366. The number of hydrogen-bond acceptors (Lipinski definition) is 3. The van der Waals surface area contributed by atoms with Gasteiger partial charge in [-0.2, -0.15) is 4.57 Å². The van der Waals surface area contributed by atoms with Crippen LogP contribution < -0.4 is 4.57 Å². The number of aromatic nitrogens is 3. The summed E-state index contributed by atoms with van der Waals surface area (Å²) in [4.78, 5) is 4.84. The van der Waals surface area contributed by atoms with Crippen molar-refractivity contribution in [1.29, 1.82) is 0 Å². The summed E-state index contributed by atoms with van der Waals surface area (Å²) < 4.78 is 18.0. The molecule has 0 aliphatic carbocycles. The normalized spacial score (nSPS) is 12.8. The summed E-state index contributed by atoms with van der Waals surface area (Å²) in [5.41, 5.74) is 13.3. The van der Waals surface area contributed by atoms with Gasteiger partial charge in [0.25, 0.3) is 5.82 Å². The van der Waals surface area contributed by atoms with Crippen LogP contribution in [0.5, 0.6) is 0 Å². The predicted octanol–water partition coefficient (Wildman–Crippen LogP) is 11.1. The van der Waals surface area contributed by atoms with Crippen LogP contribution in [0.25, 0.3) is 61.1 Å². The van der Waals surface area contributed by atoms with Crippen LogP contribution in [0.3, 0.4) is 0 Å². The maximum Gasteiger partial charge on any atom is 0.295 e. The Kier molecular flexibility index (Phi) is 6.97. The summed E-state index contributed by atoms with van der Waals surface area (Å²) in [5.74, 6) is 3.04. The highest BCUT2D eigenvalue weighted by Gasteiger charge is 2.33. The fourth-order valence-corrected chi connectivity index (χ4v) is 7.03. The van der Waals surface area contributed by atoms with E-state index in [-0.39, 0.29) is 5.41 Å². The van der Waals surface area contributed by atoms with Gasteiger partial charge in [-0.05, 0) is 66.6 Å². The first-order valence-electron chi connectivity index (χ1n) is 16.7. The van der Waals surface area contributed by atoms with Crippen LogP contribution in [0.2, 0.25) is 0 Å². The number of oxazole rings is 1. The molecule has 5 nitrogen and oxygen atoms in total. The van der Waals surface area contributed by atoms with Gasteiger partial charge in [-0.25, -0.2) is 9.55 Å². The molecule has 4 aromatic carbocycles. The number of benzene rings is 4. The molecule has 5 heteroatoms. The zero-order valence-corrected chi connectivity index (χ0v) is 29.2. The number of aryl methyl sites for hydroxylation is 2. The van der Waals surface area contributed by atoms with Gasteiger partial charge in [-0.1, -0.05) is 86.6 Å². The van der Waals surface area contributed by atoms with Gasteiger partial charge in [-0.3, -0.25) is 0 Å². The van der Waals surface area contributed by atoms with Gasteiger partial charge in [0.05, 0.1) is 18.0 Å². The molecule has 0 aliphatic rings. The molecule has 0 saturated carbocycles. The first-order valence-corrected chi connectivity index (χ1v) is 16.7. The smallest absolute Gasteiger partial charge is 0.295 e. The third-order valence-electron chi connectivity index (χ3n) is 9.63. The summed E-state index contributed by atoms with van der Waals surface area (Å²) in [6.45, 7) is 22.4. The van der Waals surface area contributed by atoms with Gasteiger partial charge >= 0.3 is 0 Å². The standard InChI is InChI=1S/C41H46N3O2/c1-22(2)26-20-29(23(3)4)36(30(21-26)24(5)6)44-33-15-13-12-14-32(33)43(11)39(44)27-16-17-28-35-34(45-37(28)25(27)7)19-18-31-38(35)46-40(42-31)41(8,9)10/h12-24H,1-11H3/q+1. The summed E-state index contributed by atoms with van der Waals surface area (Å²) in [5, 5.41) is 2.04. The Bertz CT molecular complexity index is 2270. The van der Waals surface area contributed by atoms with Crippen LogP contribution in [0.15, 0.2) is 69.5 Å². The zero-order valence-electron chi connectivity index (χ0n) is 29.2. The third kappa shape index (κ3) is 4.50. The second-order valence-corrected chi connectivity index (χ2v) is 15.0. The summed E-state index contributed by atoms with van der Waals surface area (Å²) in [7, 11) is 2.19. The summed E-state index contributed by atoms with van der Waals surface area (Å²) in [6, 6.07) is 22.2. The first kappa shape index (κ1) is 30.3. The van der Waals surface area contributed by atoms with E-state index in [1.165, 1.54) is 33.4 Å². The predicted molar refractivity (Wildman–Crippen MR) is 190 cm³/mol. The summed E-state index contributed by atoms with van der Waals surface area (Å²) >= 11 is 0. The van der Waals surface area contributed by atoms with Crippen molar-refractivity contribution in [2.45, 2.75) is 92.4 Å². The molecule has 0 aliphatic heterocycles. The Morgan fingerprint density at radius 3 is 2.09 bits per heavy atom. The minimum absolute atomic E-state index is 0.187. The van der Waals surface area contributed by atoms with Crippen molar-refractivity contribution in [2.75, 3.05) is 0 Å². The van der Waals surface area contributed by atoms with Crippen molar-refractivity contribution in [3.63, 3.8) is 0 Å². The Morgan fingerprint density at radius 2 is 1.46 bits per heavy atom. The molecule has 3 aromatic heterocycles. The van der Waals surface area contributed by atoms with Crippen molar-refractivity contribution in [3.05, 3.63) is 88.8 Å². The number of hydrogen-bond donors (Lipinski definition) is 0. The van der Waals surface area contributed by atoms with Crippen molar-refractivity contribution in [1.82, 2.24) is 9.55 Å². The molecule has 3 heterocycles. The van der Waals surface area contributed by atoms with Gasteiger partial charge in [0, 0.05) is 27.5 Å². The first-order chi connectivity index (χ1) is 21.8. The van der Waals surface area contributed by atoms with E-state index in [2.05, 4.69) is 134 Å². The molecule has 0 fully saturated rings. The lowest BCUT2D eigenvalue weighted by molar-refractivity contribution is -0.633. The van der Waals surface area contributed by atoms with Crippen LogP contribution in [0.1, 0.15) is 108 Å². The maximum absolute atomic E-state index is 6.67.